The van der Waals surface area contributed by atoms with Crippen molar-refractivity contribution in [1.29, 1.82) is 0 Å². The number of carbonyl (C=O) groups excluding carboxylic acids is 2. The number of halogens is 2. The van der Waals surface area contributed by atoms with E-state index in [1.165, 1.54) is 24.3 Å². The van der Waals surface area contributed by atoms with Crippen LogP contribution in [-0.2, 0) is 19.1 Å². The minimum Gasteiger partial charge on any atom is -0.462 e. The Labute approximate surface area is 165 Å². The van der Waals surface area contributed by atoms with Crippen molar-refractivity contribution in [2.24, 2.45) is 0 Å². The van der Waals surface area contributed by atoms with Crippen LogP contribution in [0.25, 0.3) is 6.08 Å². The molecule has 8 heteroatoms. The summed E-state index contributed by atoms with van der Waals surface area (Å²) in [6.45, 7) is -1.35. The average molecular weight is 401 g/mol. The Morgan fingerprint density at radius 2 is 1.83 bits per heavy atom. The van der Waals surface area contributed by atoms with E-state index in [9.17, 15) is 18.4 Å². The summed E-state index contributed by atoms with van der Waals surface area (Å²) in [5, 5.41) is 2.87. The van der Waals surface area contributed by atoms with Gasteiger partial charge in [0.1, 0.15) is 5.75 Å². The lowest BCUT2D eigenvalue weighted by atomic mass is 10.1. The van der Waals surface area contributed by atoms with Crippen molar-refractivity contribution in [2.75, 3.05) is 11.9 Å². The number of carbonyl (C=O) groups is 2. The summed E-state index contributed by atoms with van der Waals surface area (Å²) in [5.74, 6) is -2.03. The molecule has 0 saturated carbocycles. The van der Waals surface area contributed by atoms with Gasteiger partial charge in [-0.25, -0.2) is 4.79 Å². The molecule has 2 aromatic carbocycles. The molecule has 1 heterocycles. The Hall–Kier alpha value is -3.68. The highest BCUT2D eigenvalue weighted by atomic mass is 19.3. The summed E-state index contributed by atoms with van der Waals surface area (Å²) in [6, 6.07) is 14.7. The molecule has 0 saturated heterocycles. The molecule has 0 atom stereocenters. The highest BCUT2D eigenvalue weighted by Gasteiger charge is 2.37. The molecule has 2 aromatic rings. The summed E-state index contributed by atoms with van der Waals surface area (Å²) >= 11 is 0. The van der Waals surface area contributed by atoms with E-state index in [2.05, 4.69) is 10.1 Å². The van der Waals surface area contributed by atoms with E-state index in [1.54, 1.807) is 43.3 Å². The number of esters is 1. The molecule has 0 spiro atoms. The lowest BCUT2D eigenvalue weighted by Gasteiger charge is -2.09. The summed E-state index contributed by atoms with van der Waals surface area (Å²) in [5.41, 5.74) is 0.467. The third kappa shape index (κ3) is 4.78. The highest BCUT2D eigenvalue weighted by Crippen LogP contribution is 2.31. The molecular formula is C21H17F2NO5. The van der Waals surface area contributed by atoms with Gasteiger partial charge in [-0.1, -0.05) is 36.4 Å². The predicted molar refractivity (Wildman–Crippen MR) is 101 cm³/mol. The van der Waals surface area contributed by atoms with Gasteiger partial charge in [-0.2, -0.15) is 8.78 Å². The molecule has 150 valence electrons. The lowest BCUT2D eigenvalue weighted by molar-refractivity contribution is -0.139. The summed E-state index contributed by atoms with van der Waals surface area (Å²) in [7, 11) is 0. The summed E-state index contributed by atoms with van der Waals surface area (Å²) in [6.07, 6.45) is 1.24. The molecule has 0 fully saturated rings. The van der Waals surface area contributed by atoms with Gasteiger partial charge >= 0.3 is 12.6 Å². The van der Waals surface area contributed by atoms with Crippen molar-refractivity contribution in [2.45, 2.75) is 13.5 Å². The number of ether oxygens (including phenoxy) is 3. The van der Waals surface area contributed by atoms with Crippen molar-refractivity contribution in [3.05, 3.63) is 77.4 Å². The van der Waals surface area contributed by atoms with Gasteiger partial charge in [-0.3, -0.25) is 4.79 Å². The topological polar surface area (TPSA) is 73.9 Å². The van der Waals surface area contributed by atoms with Crippen molar-refractivity contribution in [3.8, 4) is 5.75 Å². The van der Waals surface area contributed by atoms with Crippen LogP contribution >= 0.6 is 0 Å². The van der Waals surface area contributed by atoms with Gasteiger partial charge in [0.05, 0.1) is 6.61 Å². The molecule has 1 N–H and O–H groups in total. The molecule has 1 aliphatic heterocycles. The SMILES string of the molecule is CCOC(=O)C1=C(Nc2ccccc2)O/C(=C\c2ccccc2OC(F)F)C1=O. The third-order valence-electron chi connectivity index (χ3n) is 3.82. The normalized spacial score (nSPS) is 14.9. The zero-order valence-electron chi connectivity index (χ0n) is 15.4. The molecule has 0 aromatic heterocycles. The van der Waals surface area contributed by atoms with Gasteiger partial charge in [0.25, 0.3) is 0 Å². The van der Waals surface area contributed by atoms with Gasteiger partial charge in [-0.15, -0.1) is 0 Å². The summed E-state index contributed by atoms with van der Waals surface area (Å²) in [4.78, 5) is 25.1. The van der Waals surface area contributed by atoms with Crippen molar-refractivity contribution in [3.63, 3.8) is 0 Å². The van der Waals surface area contributed by atoms with Gasteiger partial charge in [-0.05, 0) is 31.2 Å². The number of ketones is 1. The second-order valence-corrected chi connectivity index (χ2v) is 5.77. The Morgan fingerprint density at radius 1 is 1.14 bits per heavy atom. The van der Waals surface area contributed by atoms with E-state index < -0.39 is 18.4 Å². The Morgan fingerprint density at radius 3 is 2.52 bits per heavy atom. The predicted octanol–water partition coefficient (Wildman–Crippen LogP) is 4.12. The average Bonchev–Trinajstić information content (AvgIpc) is 2.99. The standard InChI is InChI=1S/C21H17F2NO5/c1-2-27-20(26)17-18(25)16(28-19(17)24-14-9-4-3-5-10-14)12-13-8-6-7-11-15(13)29-21(22)23/h3-12,21,24H,2H2,1H3/b16-12-. The molecule has 0 aliphatic carbocycles. The smallest absolute Gasteiger partial charge is 0.387 e. The van der Waals surface area contributed by atoms with Gasteiger partial charge in [0, 0.05) is 11.3 Å². The first-order chi connectivity index (χ1) is 14.0. The van der Waals surface area contributed by atoms with E-state index in [0.29, 0.717) is 5.69 Å². The second kappa shape index (κ2) is 9.01. The van der Waals surface area contributed by atoms with Crippen LogP contribution in [0.2, 0.25) is 0 Å². The zero-order chi connectivity index (χ0) is 20.8. The van der Waals surface area contributed by atoms with Crippen LogP contribution in [0.1, 0.15) is 12.5 Å². The highest BCUT2D eigenvalue weighted by molar-refractivity contribution is 6.26. The zero-order valence-corrected chi connectivity index (χ0v) is 15.4. The number of Topliss-reactive ketones (excluding diaryl/α,β-unsaturated/α-hetero) is 1. The molecular weight excluding hydrogens is 384 g/mol. The van der Waals surface area contributed by atoms with Crippen LogP contribution in [0.15, 0.2) is 71.8 Å². The van der Waals surface area contributed by atoms with Gasteiger partial charge < -0.3 is 19.5 Å². The molecule has 0 amide bonds. The Kier molecular flexibility index (Phi) is 6.23. The van der Waals surface area contributed by atoms with Gasteiger partial charge in [0.15, 0.2) is 11.3 Å². The van der Waals surface area contributed by atoms with Crippen LogP contribution in [0, 0.1) is 0 Å². The van der Waals surface area contributed by atoms with E-state index in [4.69, 9.17) is 9.47 Å². The largest absolute Gasteiger partial charge is 0.462 e. The van der Waals surface area contributed by atoms with E-state index in [1.807, 2.05) is 0 Å². The maximum atomic E-state index is 12.8. The van der Waals surface area contributed by atoms with Crippen molar-refractivity contribution < 1.29 is 32.6 Å². The van der Waals surface area contributed by atoms with Crippen LogP contribution in [0.5, 0.6) is 5.75 Å². The maximum Gasteiger partial charge on any atom is 0.387 e. The molecule has 6 nitrogen and oxygen atoms in total. The number of allylic oxidation sites excluding steroid dienone is 1. The number of rotatable bonds is 7. The van der Waals surface area contributed by atoms with Crippen LogP contribution < -0.4 is 10.1 Å². The third-order valence-corrected chi connectivity index (χ3v) is 3.82. The van der Waals surface area contributed by atoms with Crippen LogP contribution in [0.4, 0.5) is 14.5 Å². The minimum atomic E-state index is -3.03. The number of hydrogen-bond acceptors (Lipinski definition) is 6. The number of benzene rings is 2. The van der Waals surface area contributed by atoms with E-state index in [-0.39, 0.29) is 35.1 Å². The fourth-order valence-electron chi connectivity index (χ4n) is 2.60. The molecule has 0 unspecified atom stereocenters. The monoisotopic (exact) mass is 401 g/mol. The fourth-order valence-corrected chi connectivity index (χ4v) is 2.60. The number of nitrogens with one attached hydrogen (secondary N) is 1. The number of hydrogen-bond donors (Lipinski definition) is 1. The van der Waals surface area contributed by atoms with E-state index in [0.717, 1.165) is 0 Å². The van der Waals surface area contributed by atoms with Crippen LogP contribution in [0.3, 0.4) is 0 Å². The second-order valence-electron chi connectivity index (χ2n) is 5.77. The number of alkyl halides is 2. The molecule has 0 radical (unpaired) electrons. The fraction of sp³-hybridized carbons (Fsp3) is 0.143. The first kappa shape index (κ1) is 20.1. The van der Waals surface area contributed by atoms with Crippen LogP contribution in [-0.4, -0.2) is 25.0 Å². The Bertz CT molecular complexity index is 970. The van der Waals surface area contributed by atoms with Gasteiger partial charge in [0.2, 0.25) is 11.7 Å². The molecule has 3 rings (SSSR count). The maximum absolute atomic E-state index is 12.8. The van der Waals surface area contributed by atoms with E-state index >= 15 is 0 Å². The number of anilines is 1. The quantitative estimate of drug-likeness (QED) is 0.428. The first-order valence-electron chi connectivity index (χ1n) is 8.71. The van der Waals surface area contributed by atoms with Crippen molar-refractivity contribution >= 4 is 23.5 Å². The molecule has 0 bridgehead atoms. The first-order valence-corrected chi connectivity index (χ1v) is 8.71. The molecule has 29 heavy (non-hydrogen) atoms. The summed E-state index contributed by atoms with van der Waals surface area (Å²) < 4.78 is 40.2. The Balaban J connectivity index is 1.95. The van der Waals surface area contributed by atoms with Crippen molar-refractivity contribution in [1.82, 2.24) is 0 Å². The number of para-hydroxylation sites is 2. The molecule has 1 aliphatic rings. The lowest BCUT2D eigenvalue weighted by Crippen LogP contribution is -2.16. The minimum absolute atomic E-state index is 0.0678.